The Labute approximate surface area is 127 Å². The van der Waals surface area contributed by atoms with Gasteiger partial charge in [0, 0.05) is 19.0 Å². The second-order valence-electron chi connectivity index (χ2n) is 5.30. The summed E-state index contributed by atoms with van der Waals surface area (Å²) in [5.41, 5.74) is 0.629. The summed E-state index contributed by atoms with van der Waals surface area (Å²) in [4.78, 5) is 11.9. The predicted molar refractivity (Wildman–Crippen MR) is 85.1 cm³/mol. The lowest BCUT2D eigenvalue weighted by atomic mass is 10.1. The predicted octanol–water partition coefficient (Wildman–Crippen LogP) is 2.67. The molecule has 5 heteroatoms. The Kier molecular flexibility index (Phi) is 7.61. The van der Waals surface area contributed by atoms with Crippen molar-refractivity contribution in [2.75, 3.05) is 32.6 Å². The van der Waals surface area contributed by atoms with E-state index in [4.69, 9.17) is 9.47 Å². The van der Waals surface area contributed by atoms with E-state index >= 15 is 0 Å². The molecule has 0 heterocycles. The van der Waals surface area contributed by atoms with Crippen LogP contribution in [0.1, 0.15) is 26.7 Å². The standard InChI is InChI=1S/C16H26N2O3/c1-12(2)7-9-17-10-8-16(19)18-14-11-13(20-3)5-6-15(14)21-4/h5-6,11-12,17H,7-10H2,1-4H3,(H,18,19). The normalized spacial score (nSPS) is 10.5. The molecule has 1 aromatic carbocycles. The van der Waals surface area contributed by atoms with Gasteiger partial charge in [-0.25, -0.2) is 0 Å². The highest BCUT2D eigenvalue weighted by Crippen LogP contribution is 2.28. The van der Waals surface area contributed by atoms with E-state index in [9.17, 15) is 4.79 Å². The summed E-state index contributed by atoms with van der Waals surface area (Å²) in [6.45, 7) is 5.98. The van der Waals surface area contributed by atoms with Gasteiger partial charge in [0.05, 0.1) is 19.9 Å². The molecule has 0 spiro atoms. The summed E-state index contributed by atoms with van der Waals surface area (Å²) in [7, 11) is 3.16. The van der Waals surface area contributed by atoms with Gasteiger partial charge in [-0.3, -0.25) is 4.79 Å². The quantitative estimate of drug-likeness (QED) is 0.687. The van der Waals surface area contributed by atoms with E-state index in [1.807, 2.05) is 0 Å². The van der Waals surface area contributed by atoms with Crippen molar-refractivity contribution in [3.63, 3.8) is 0 Å². The zero-order chi connectivity index (χ0) is 15.7. The smallest absolute Gasteiger partial charge is 0.225 e. The van der Waals surface area contributed by atoms with Gasteiger partial charge in [0.15, 0.2) is 0 Å². The fourth-order valence-electron chi connectivity index (χ4n) is 1.84. The number of hydrogen-bond acceptors (Lipinski definition) is 4. The average Bonchev–Trinajstić information content (AvgIpc) is 2.46. The third-order valence-corrected chi connectivity index (χ3v) is 3.11. The lowest BCUT2D eigenvalue weighted by molar-refractivity contribution is -0.116. The van der Waals surface area contributed by atoms with Crippen LogP contribution in [0.5, 0.6) is 11.5 Å². The van der Waals surface area contributed by atoms with E-state index in [1.165, 1.54) is 0 Å². The van der Waals surface area contributed by atoms with Crippen molar-refractivity contribution < 1.29 is 14.3 Å². The minimum Gasteiger partial charge on any atom is -0.497 e. The number of benzene rings is 1. The van der Waals surface area contributed by atoms with Gasteiger partial charge in [0.1, 0.15) is 11.5 Å². The van der Waals surface area contributed by atoms with Crippen molar-refractivity contribution in [3.8, 4) is 11.5 Å². The van der Waals surface area contributed by atoms with Crippen LogP contribution in [-0.4, -0.2) is 33.2 Å². The average molecular weight is 294 g/mol. The first-order valence-electron chi connectivity index (χ1n) is 7.29. The second-order valence-corrected chi connectivity index (χ2v) is 5.30. The maximum absolute atomic E-state index is 11.9. The fourth-order valence-corrected chi connectivity index (χ4v) is 1.84. The van der Waals surface area contributed by atoms with Crippen molar-refractivity contribution in [2.24, 2.45) is 5.92 Å². The molecule has 5 nitrogen and oxygen atoms in total. The van der Waals surface area contributed by atoms with Crippen molar-refractivity contribution in [1.29, 1.82) is 0 Å². The first-order valence-corrected chi connectivity index (χ1v) is 7.29. The summed E-state index contributed by atoms with van der Waals surface area (Å²) in [5, 5.41) is 6.12. The number of methoxy groups -OCH3 is 2. The van der Waals surface area contributed by atoms with Crippen molar-refractivity contribution in [2.45, 2.75) is 26.7 Å². The molecule has 0 unspecified atom stereocenters. The van der Waals surface area contributed by atoms with Gasteiger partial charge < -0.3 is 20.1 Å². The van der Waals surface area contributed by atoms with Crippen molar-refractivity contribution in [3.05, 3.63) is 18.2 Å². The van der Waals surface area contributed by atoms with Crippen molar-refractivity contribution in [1.82, 2.24) is 5.32 Å². The number of ether oxygens (including phenoxy) is 2. The van der Waals surface area contributed by atoms with E-state index in [-0.39, 0.29) is 5.91 Å². The summed E-state index contributed by atoms with van der Waals surface area (Å²) in [6, 6.07) is 5.32. The molecule has 1 aromatic rings. The Morgan fingerprint density at radius 2 is 1.95 bits per heavy atom. The molecule has 1 amide bonds. The monoisotopic (exact) mass is 294 g/mol. The Hall–Kier alpha value is -1.75. The molecule has 0 aliphatic rings. The maximum atomic E-state index is 11.9. The zero-order valence-electron chi connectivity index (χ0n) is 13.4. The molecule has 0 fully saturated rings. The molecule has 118 valence electrons. The number of carbonyl (C=O) groups is 1. The van der Waals surface area contributed by atoms with E-state index in [0.29, 0.717) is 36.1 Å². The summed E-state index contributed by atoms with van der Waals surface area (Å²) >= 11 is 0. The van der Waals surface area contributed by atoms with Gasteiger partial charge in [-0.05, 0) is 31.0 Å². The third-order valence-electron chi connectivity index (χ3n) is 3.11. The Balaban J connectivity index is 2.43. The van der Waals surface area contributed by atoms with Crippen LogP contribution in [0.15, 0.2) is 18.2 Å². The van der Waals surface area contributed by atoms with Crippen LogP contribution < -0.4 is 20.1 Å². The Morgan fingerprint density at radius 3 is 2.57 bits per heavy atom. The first-order chi connectivity index (χ1) is 10.1. The number of amides is 1. The molecule has 21 heavy (non-hydrogen) atoms. The first kappa shape index (κ1) is 17.3. The largest absolute Gasteiger partial charge is 0.497 e. The molecule has 0 saturated heterocycles. The molecule has 2 N–H and O–H groups in total. The van der Waals surface area contributed by atoms with E-state index in [0.717, 1.165) is 13.0 Å². The molecule has 0 atom stereocenters. The molecule has 0 saturated carbocycles. The van der Waals surface area contributed by atoms with Gasteiger partial charge >= 0.3 is 0 Å². The zero-order valence-corrected chi connectivity index (χ0v) is 13.4. The van der Waals surface area contributed by atoms with Crippen LogP contribution in [0, 0.1) is 5.92 Å². The molecular formula is C16H26N2O3. The van der Waals surface area contributed by atoms with Gasteiger partial charge in [-0.15, -0.1) is 0 Å². The van der Waals surface area contributed by atoms with Crippen LogP contribution in [0.2, 0.25) is 0 Å². The lowest BCUT2D eigenvalue weighted by Gasteiger charge is -2.12. The molecular weight excluding hydrogens is 268 g/mol. The molecule has 0 aromatic heterocycles. The van der Waals surface area contributed by atoms with E-state index in [2.05, 4.69) is 24.5 Å². The topological polar surface area (TPSA) is 59.6 Å². The lowest BCUT2D eigenvalue weighted by Crippen LogP contribution is -2.23. The fraction of sp³-hybridized carbons (Fsp3) is 0.562. The molecule has 0 aliphatic heterocycles. The van der Waals surface area contributed by atoms with Crippen molar-refractivity contribution >= 4 is 11.6 Å². The minimum absolute atomic E-state index is 0.0430. The van der Waals surface area contributed by atoms with Gasteiger partial charge in [-0.1, -0.05) is 13.8 Å². The van der Waals surface area contributed by atoms with Gasteiger partial charge in [0.25, 0.3) is 0 Å². The number of nitrogens with one attached hydrogen (secondary N) is 2. The third kappa shape index (κ3) is 6.49. The highest BCUT2D eigenvalue weighted by Gasteiger charge is 2.08. The van der Waals surface area contributed by atoms with Crippen LogP contribution in [0.4, 0.5) is 5.69 Å². The minimum atomic E-state index is -0.0430. The summed E-state index contributed by atoms with van der Waals surface area (Å²) in [5.74, 6) is 1.93. The van der Waals surface area contributed by atoms with E-state index < -0.39 is 0 Å². The summed E-state index contributed by atoms with van der Waals surface area (Å²) < 4.78 is 10.4. The molecule has 0 aliphatic carbocycles. The second kappa shape index (κ2) is 9.23. The SMILES string of the molecule is COc1ccc(OC)c(NC(=O)CCNCCC(C)C)c1. The van der Waals surface area contributed by atoms with Crippen LogP contribution in [0.3, 0.4) is 0 Å². The summed E-state index contributed by atoms with van der Waals surface area (Å²) in [6.07, 6.45) is 1.55. The highest BCUT2D eigenvalue weighted by atomic mass is 16.5. The maximum Gasteiger partial charge on any atom is 0.225 e. The Bertz CT molecular complexity index is 447. The van der Waals surface area contributed by atoms with Crippen LogP contribution >= 0.6 is 0 Å². The number of hydrogen-bond donors (Lipinski definition) is 2. The van der Waals surface area contributed by atoms with Gasteiger partial charge in [-0.2, -0.15) is 0 Å². The number of rotatable bonds is 9. The van der Waals surface area contributed by atoms with Gasteiger partial charge in [0.2, 0.25) is 5.91 Å². The molecule has 0 radical (unpaired) electrons. The van der Waals surface area contributed by atoms with Crippen LogP contribution in [0.25, 0.3) is 0 Å². The van der Waals surface area contributed by atoms with Crippen LogP contribution in [-0.2, 0) is 4.79 Å². The highest BCUT2D eigenvalue weighted by molar-refractivity contribution is 5.92. The number of anilines is 1. The molecule has 0 bridgehead atoms. The number of carbonyl (C=O) groups excluding carboxylic acids is 1. The molecule has 1 rings (SSSR count). The van der Waals surface area contributed by atoms with E-state index in [1.54, 1.807) is 32.4 Å². The Morgan fingerprint density at radius 1 is 1.19 bits per heavy atom.